The summed E-state index contributed by atoms with van der Waals surface area (Å²) in [6.45, 7) is 11.9. The zero-order valence-electron chi connectivity index (χ0n) is 25.3. The molecule has 0 fully saturated rings. The van der Waals surface area contributed by atoms with Gasteiger partial charge in [0.1, 0.15) is 5.60 Å². The van der Waals surface area contributed by atoms with Crippen molar-refractivity contribution in [1.82, 2.24) is 14.9 Å². The summed E-state index contributed by atoms with van der Waals surface area (Å²) in [5.74, 6) is -0.769. The van der Waals surface area contributed by atoms with Crippen molar-refractivity contribution in [1.29, 1.82) is 0 Å². The van der Waals surface area contributed by atoms with E-state index in [9.17, 15) is 19.2 Å². The number of aromatic nitrogens is 2. The molecule has 1 aliphatic heterocycles. The highest BCUT2D eigenvalue weighted by atomic mass is 16.6. The summed E-state index contributed by atoms with van der Waals surface area (Å²) in [6, 6.07) is 8.02. The lowest BCUT2D eigenvalue weighted by molar-refractivity contribution is -0.170. The van der Waals surface area contributed by atoms with Gasteiger partial charge in [0, 0.05) is 41.5 Å². The van der Waals surface area contributed by atoms with Crippen molar-refractivity contribution in [2.24, 2.45) is 0 Å². The molecule has 0 spiro atoms. The van der Waals surface area contributed by atoms with E-state index in [1.54, 1.807) is 32.3 Å². The zero-order chi connectivity index (χ0) is 30.4. The minimum absolute atomic E-state index is 0.000259. The monoisotopic (exact) mass is 573 g/mol. The molecule has 1 amide bonds. The lowest BCUT2D eigenvalue weighted by atomic mass is 9.76. The van der Waals surface area contributed by atoms with Crippen molar-refractivity contribution >= 4 is 28.7 Å². The van der Waals surface area contributed by atoms with Crippen LogP contribution in [0.2, 0.25) is 0 Å². The molecule has 0 unspecified atom stereocenters. The Hall–Kier alpha value is -4.01. The number of aryl methyl sites for hydroxylation is 2. The molecule has 222 valence electrons. The van der Waals surface area contributed by atoms with Crippen molar-refractivity contribution < 1.29 is 23.9 Å². The van der Waals surface area contributed by atoms with Crippen LogP contribution < -0.4 is 10.9 Å². The Morgan fingerprint density at radius 3 is 2.55 bits per heavy atom. The van der Waals surface area contributed by atoms with Crippen LogP contribution in [0, 0.1) is 6.92 Å². The van der Waals surface area contributed by atoms with Gasteiger partial charge in [0.2, 0.25) is 0 Å². The normalized spacial score (nSPS) is 17.4. The molecule has 2 aliphatic rings. The topological polar surface area (TPSA) is 117 Å². The van der Waals surface area contributed by atoms with E-state index >= 15 is 0 Å². The average molecular weight is 574 g/mol. The molecular formula is C33H39N3O6. The molecular weight excluding hydrogens is 534 g/mol. The molecule has 0 bridgehead atoms. The van der Waals surface area contributed by atoms with Crippen LogP contribution in [0.4, 0.5) is 4.79 Å². The molecule has 1 aromatic carbocycles. The number of nitrogens with one attached hydrogen (secondary N) is 1. The molecule has 1 N–H and O–H groups in total. The Bertz CT molecular complexity index is 1670. The largest absolute Gasteiger partial charge is 0.446 e. The van der Waals surface area contributed by atoms with Crippen molar-refractivity contribution in [2.45, 2.75) is 97.8 Å². The Morgan fingerprint density at radius 2 is 1.86 bits per heavy atom. The standard InChI is InChI=1S/C33H39N3O6/c1-7-20-22-16-19(3)11-13-25(22)35-29-23(20)18-36-26(29)17-24-21(30(36)39)12-14-27(37)33(24,8-2)41-28(38)10-9-15-34-31(40)42-32(4,5)6/h11,13,16-17H,7-10,12,14-15,18H2,1-6H3,(H,34,40)/t33-/m0/s1. The van der Waals surface area contributed by atoms with E-state index in [1.807, 2.05) is 18.2 Å². The third-order valence-electron chi connectivity index (χ3n) is 8.17. The van der Waals surface area contributed by atoms with Crippen molar-refractivity contribution in [2.75, 3.05) is 6.54 Å². The minimum atomic E-state index is -1.54. The molecule has 0 saturated heterocycles. The van der Waals surface area contributed by atoms with Gasteiger partial charge in [-0.3, -0.25) is 14.4 Å². The molecule has 42 heavy (non-hydrogen) atoms. The second-order valence-corrected chi connectivity index (χ2v) is 12.2. The zero-order valence-corrected chi connectivity index (χ0v) is 25.3. The van der Waals surface area contributed by atoms with E-state index in [1.165, 1.54) is 5.56 Å². The third-order valence-corrected chi connectivity index (χ3v) is 8.17. The number of hydrogen-bond acceptors (Lipinski definition) is 7. The summed E-state index contributed by atoms with van der Waals surface area (Å²) in [5, 5.41) is 3.72. The van der Waals surface area contributed by atoms with Crippen LogP contribution in [0.1, 0.15) is 88.1 Å². The van der Waals surface area contributed by atoms with E-state index in [2.05, 4.69) is 25.2 Å². The van der Waals surface area contributed by atoms with Gasteiger partial charge in [-0.2, -0.15) is 0 Å². The summed E-state index contributed by atoms with van der Waals surface area (Å²) < 4.78 is 13.0. The number of pyridine rings is 2. The predicted molar refractivity (Wildman–Crippen MR) is 160 cm³/mol. The number of nitrogens with zero attached hydrogens (tertiary/aromatic N) is 2. The summed E-state index contributed by atoms with van der Waals surface area (Å²) in [6.07, 6.45) is 1.19. The highest BCUT2D eigenvalue weighted by Crippen LogP contribution is 2.42. The highest BCUT2D eigenvalue weighted by molar-refractivity contribution is 5.94. The predicted octanol–water partition coefficient (Wildman–Crippen LogP) is 5.26. The number of amides is 1. The first-order chi connectivity index (χ1) is 19.9. The number of carbonyl (C=O) groups excluding carboxylic acids is 3. The number of hydrogen-bond donors (Lipinski definition) is 1. The van der Waals surface area contributed by atoms with Crippen LogP contribution >= 0.6 is 0 Å². The molecule has 9 nitrogen and oxygen atoms in total. The number of alkyl carbamates (subject to hydrolysis) is 1. The van der Waals surface area contributed by atoms with Gasteiger partial charge >= 0.3 is 12.1 Å². The quantitative estimate of drug-likeness (QED) is 0.237. The van der Waals surface area contributed by atoms with E-state index in [0.29, 0.717) is 36.2 Å². The van der Waals surface area contributed by atoms with E-state index in [4.69, 9.17) is 14.5 Å². The number of carbonyl (C=O) groups is 3. The maximum Gasteiger partial charge on any atom is 0.407 e. The molecule has 9 heteroatoms. The second-order valence-electron chi connectivity index (χ2n) is 12.2. The van der Waals surface area contributed by atoms with Gasteiger partial charge in [-0.05, 0) is 77.1 Å². The molecule has 1 atom stereocenters. The third kappa shape index (κ3) is 5.21. The number of Topliss-reactive ketones (excluding diaryl/α,β-unsaturated/α-hetero) is 1. The SMILES string of the molecule is CCc1c2c(nc3ccc(C)cc13)-c1cc3c(c(=O)n1C2)CCC(=O)[C@@]3(CC)OC(=O)CCCNC(=O)OC(C)(C)C. The summed E-state index contributed by atoms with van der Waals surface area (Å²) in [5.41, 5.74) is 4.26. The maximum atomic E-state index is 13.9. The summed E-state index contributed by atoms with van der Waals surface area (Å²) in [4.78, 5) is 57.4. The number of benzene rings is 1. The fourth-order valence-electron chi connectivity index (χ4n) is 6.22. The molecule has 3 heterocycles. The van der Waals surface area contributed by atoms with E-state index in [0.717, 1.165) is 34.1 Å². The first-order valence-corrected chi connectivity index (χ1v) is 14.8. The van der Waals surface area contributed by atoms with Gasteiger partial charge in [-0.15, -0.1) is 0 Å². The molecule has 0 saturated carbocycles. The van der Waals surface area contributed by atoms with Gasteiger partial charge in [-0.1, -0.05) is 25.5 Å². The van der Waals surface area contributed by atoms with Crippen molar-refractivity contribution in [3.8, 4) is 11.4 Å². The molecule has 3 aromatic rings. The molecule has 5 rings (SSSR count). The Morgan fingerprint density at radius 1 is 1.10 bits per heavy atom. The first-order valence-electron chi connectivity index (χ1n) is 14.8. The Balaban J connectivity index is 1.47. The lowest BCUT2D eigenvalue weighted by Gasteiger charge is -2.36. The highest BCUT2D eigenvalue weighted by Gasteiger charge is 2.48. The molecule has 0 radical (unpaired) electrons. The summed E-state index contributed by atoms with van der Waals surface area (Å²) in [7, 11) is 0. The van der Waals surface area contributed by atoms with Crippen LogP contribution in [0.5, 0.6) is 0 Å². The number of rotatable bonds is 7. The Kier molecular flexibility index (Phi) is 7.72. The van der Waals surface area contributed by atoms with Gasteiger partial charge in [0.05, 0.1) is 23.4 Å². The molecule has 1 aliphatic carbocycles. The number of fused-ring (bicyclic) bond motifs is 5. The second kappa shape index (κ2) is 11.0. The Labute approximate surface area is 245 Å². The average Bonchev–Trinajstić information content (AvgIpc) is 3.29. The van der Waals surface area contributed by atoms with E-state index < -0.39 is 23.3 Å². The van der Waals surface area contributed by atoms with Gasteiger partial charge in [0.25, 0.3) is 5.56 Å². The minimum Gasteiger partial charge on any atom is -0.446 e. The lowest BCUT2D eigenvalue weighted by Crippen LogP contribution is -2.46. The van der Waals surface area contributed by atoms with Gasteiger partial charge in [-0.25, -0.2) is 9.78 Å². The smallest absolute Gasteiger partial charge is 0.407 e. The van der Waals surface area contributed by atoms with Crippen LogP contribution in [0.25, 0.3) is 22.3 Å². The van der Waals surface area contributed by atoms with Crippen LogP contribution in [0.3, 0.4) is 0 Å². The number of ether oxygens (including phenoxy) is 2. The maximum absolute atomic E-state index is 13.9. The molecule has 2 aromatic heterocycles. The van der Waals surface area contributed by atoms with Crippen LogP contribution in [-0.2, 0) is 44.1 Å². The first kappa shape index (κ1) is 29.5. The van der Waals surface area contributed by atoms with Crippen LogP contribution in [0.15, 0.2) is 29.1 Å². The number of ketones is 1. The fourth-order valence-corrected chi connectivity index (χ4v) is 6.22. The van der Waals surface area contributed by atoms with Crippen molar-refractivity contribution in [3.63, 3.8) is 0 Å². The fraction of sp³-hybridized carbons (Fsp3) is 0.485. The van der Waals surface area contributed by atoms with Crippen molar-refractivity contribution in [3.05, 3.63) is 62.4 Å². The van der Waals surface area contributed by atoms with Gasteiger partial charge in [0.15, 0.2) is 11.4 Å². The summed E-state index contributed by atoms with van der Waals surface area (Å²) >= 11 is 0. The van der Waals surface area contributed by atoms with Gasteiger partial charge < -0.3 is 19.4 Å². The van der Waals surface area contributed by atoms with E-state index in [-0.39, 0.29) is 37.1 Å². The van der Waals surface area contributed by atoms with Crippen LogP contribution in [-0.4, -0.2) is 39.5 Å². The number of esters is 1.